The molecule has 33 heavy (non-hydrogen) atoms. The number of rotatable bonds is 20. The Kier molecular flexibility index (Phi) is 18.3. The van der Waals surface area contributed by atoms with Crippen LogP contribution < -0.4 is 0 Å². The zero-order valence-corrected chi connectivity index (χ0v) is 23.4. The first-order valence-electron chi connectivity index (χ1n) is 13.1. The van der Waals surface area contributed by atoms with Gasteiger partial charge in [-0.05, 0) is 57.8 Å². The Morgan fingerprint density at radius 3 is 2.45 bits per heavy atom. The van der Waals surface area contributed by atoms with E-state index in [2.05, 4.69) is 41.7 Å². The van der Waals surface area contributed by atoms with Gasteiger partial charge in [-0.1, -0.05) is 67.3 Å². The van der Waals surface area contributed by atoms with Gasteiger partial charge in [0.2, 0.25) is 0 Å². The van der Waals surface area contributed by atoms with Crippen LogP contribution in [0.4, 0.5) is 0 Å². The highest BCUT2D eigenvalue weighted by Gasteiger charge is 2.40. The summed E-state index contributed by atoms with van der Waals surface area (Å²) in [7, 11) is 0. The number of hydrogen-bond acceptors (Lipinski definition) is 5. The lowest BCUT2D eigenvalue weighted by atomic mass is 9.85. The maximum atomic E-state index is 12.6. The molecule has 1 fully saturated rings. The molecule has 0 saturated heterocycles. The first kappa shape index (κ1) is 30.6. The zero-order valence-electron chi connectivity index (χ0n) is 21.2. The first-order chi connectivity index (χ1) is 16.0. The largest absolute Gasteiger partial charge is 0.463 e. The number of halogens is 1. The number of esters is 1. The molecule has 0 radical (unpaired) electrons. The molecule has 0 spiro atoms. The summed E-state index contributed by atoms with van der Waals surface area (Å²) < 4.78 is 17.7. The predicted molar refractivity (Wildman–Crippen MR) is 143 cm³/mol. The third-order valence-corrected chi connectivity index (χ3v) is 7.36. The van der Waals surface area contributed by atoms with Crippen LogP contribution in [-0.2, 0) is 23.8 Å². The van der Waals surface area contributed by atoms with Crippen LogP contribution in [0.1, 0.15) is 91.4 Å². The highest BCUT2D eigenvalue weighted by molar-refractivity contribution is 14.1. The molecule has 5 nitrogen and oxygen atoms in total. The molecule has 1 aliphatic rings. The summed E-state index contributed by atoms with van der Waals surface area (Å²) in [6.07, 6.45) is 15.0. The van der Waals surface area contributed by atoms with Crippen LogP contribution in [0.5, 0.6) is 0 Å². The molecular weight excluding hydrogens is 531 g/mol. The van der Waals surface area contributed by atoms with E-state index in [4.69, 9.17) is 14.2 Å². The molecule has 0 bridgehead atoms. The van der Waals surface area contributed by atoms with E-state index >= 15 is 0 Å². The lowest BCUT2D eigenvalue weighted by molar-refractivity contribution is -0.147. The van der Waals surface area contributed by atoms with E-state index in [1.54, 1.807) is 0 Å². The van der Waals surface area contributed by atoms with Crippen LogP contribution in [0.15, 0.2) is 12.2 Å². The van der Waals surface area contributed by atoms with Crippen molar-refractivity contribution in [3.8, 4) is 0 Å². The second-order valence-corrected chi connectivity index (χ2v) is 10.3. The van der Waals surface area contributed by atoms with Crippen LogP contribution in [0.25, 0.3) is 0 Å². The standard InChI is InChI=1S/C27H47IO5/c1-4-5-6-9-12-16-31-18-19-32-17-15-24-23(21-28)20-26(29)25(24)13-10-7-8-11-14-27(30)33-22(2)3/h7,10,22-25H,4-6,8-9,11-21H2,1-3H3/b10-7-/t23?,24-,25?/m0/s1. The van der Waals surface area contributed by atoms with E-state index in [9.17, 15) is 9.59 Å². The lowest BCUT2D eigenvalue weighted by Gasteiger charge is -2.22. The third kappa shape index (κ3) is 14.5. The van der Waals surface area contributed by atoms with Gasteiger partial charge < -0.3 is 14.2 Å². The Hall–Kier alpha value is -0.470. The number of hydrogen-bond donors (Lipinski definition) is 0. The summed E-state index contributed by atoms with van der Waals surface area (Å²) in [5.41, 5.74) is 0. The number of allylic oxidation sites excluding steroid dienone is 2. The fourth-order valence-corrected chi connectivity index (χ4v) is 5.40. The quantitative estimate of drug-likeness (QED) is 0.0529. The van der Waals surface area contributed by atoms with E-state index in [-0.39, 0.29) is 18.0 Å². The molecule has 1 saturated carbocycles. The summed E-state index contributed by atoms with van der Waals surface area (Å²) in [6, 6.07) is 0. The van der Waals surface area contributed by atoms with E-state index in [0.29, 0.717) is 50.3 Å². The Morgan fingerprint density at radius 1 is 1.03 bits per heavy atom. The zero-order chi connectivity index (χ0) is 24.3. The lowest BCUT2D eigenvalue weighted by Crippen LogP contribution is -2.20. The van der Waals surface area contributed by atoms with E-state index < -0.39 is 0 Å². The minimum Gasteiger partial charge on any atom is -0.463 e. The highest BCUT2D eigenvalue weighted by atomic mass is 127. The van der Waals surface area contributed by atoms with Gasteiger partial charge in [0.05, 0.1) is 19.3 Å². The van der Waals surface area contributed by atoms with Gasteiger partial charge in [0.15, 0.2) is 0 Å². The Labute approximate surface area is 215 Å². The maximum absolute atomic E-state index is 12.6. The fraction of sp³-hybridized carbons (Fsp3) is 0.852. The van der Waals surface area contributed by atoms with Crippen molar-refractivity contribution in [3.63, 3.8) is 0 Å². The Morgan fingerprint density at radius 2 is 1.76 bits per heavy atom. The molecule has 0 aromatic rings. The number of ether oxygens (including phenoxy) is 3. The summed E-state index contributed by atoms with van der Waals surface area (Å²) in [5, 5.41) is 0. The molecule has 192 valence electrons. The van der Waals surface area contributed by atoms with Gasteiger partial charge in [-0.3, -0.25) is 9.59 Å². The molecular formula is C27H47IO5. The van der Waals surface area contributed by atoms with Crippen molar-refractivity contribution >= 4 is 34.3 Å². The smallest absolute Gasteiger partial charge is 0.306 e. The maximum Gasteiger partial charge on any atom is 0.306 e. The minimum absolute atomic E-state index is 0.0546. The molecule has 0 amide bonds. The third-order valence-electron chi connectivity index (χ3n) is 6.23. The molecule has 0 aromatic carbocycles. The van der Waals surface area contributed by atoms with Gasteiger partial charge in [-0.15, -0.1) is 0 Å². The van der Waals surface area contributed by atoms with Crippen LogP contribution in [0.3, 0.4) is 0 Å². The average molecular weight is 579 g/mol. The van der Waals surface area contributed by atoms with Crippen molar-refractivity contribution in [2.24, 2.45) is 17.8 Å². The van der Waals surface area contributed by atoms with Gasteiger partial charge in [-0.2, -0.15) is 0 Å². The minimum atomic E-state index is -0.133. The Bertz CT molecular complexity index is 549. The summed E-state index contributed by atoms with van der Waals surface area (Å²) in [5.74, 6) is 1.24. The summed E-state index contributed by atoms with van der Waals surface area (Å²) in [4.78, 5) is 24.2. The molecule has 0 aromatic heterocycles. The van der Waals surface area contributed by atoms with Gasteiger partial charge in [0.1, 0.15) is 5.78 Å². The van der Waals surface area contributed by atoms with Crippen molar-refractivity contribution < 1.29 is 23.8 Å². The van der Waals surface area contributed by atoms with Crippen LogP contribution >= 0.6 is 22.6 Å². The molecule has 0 N–H and O–H groups in total. The van der Waals surface area contributed by atoms with Crippen LogP contribution in [0.2, 0.25) is 0 Å². The number of ketones is 1. The second-order valence-electron chi connectivity index (χ2n) is 9.42. The molecule has 3 atom stereocenters. The number of alkyl halides is 1. The number of carbonyl (C=O) groups is 2. The normalized spacial score (nSPS) is 20.9. The molecule has 1 rings (SSSR count). The van der Waals surface area contributed by atoms with E-state index in [1.807, 2.05) is 13.8 Å². The number of unbranched alkanes of at least 4 members (excludes halogenated alkanes) is 5. The van der Waals surface area contributed by atoms with Crippen molar-refractivity contribution in [3.05, 3.63) is 12.2 Å². The van der Waals surface area contributed by atoms with Gasteiger partial charge in [0.25, 0.3) is 0 Å². The molecule has 0 heterocycles. The van der Waals surface area contributed by atoms with Crippen molar-refractivity contribution in [2.75, 3.05) is 30.9 Å². The van der Waals surface area contributed by atoms with Gasteiger partial charge in [-0.25, -0.2) is 0 Å². The van der Waals surface area contributed by atoms with Crippen molar-refractivity contribution in [1.29, 1.82) is 0 Å². The molecule has 2 unspecified atom stereocenters. The molecule has 1 aliphatic carbocycles. The van der Waals surface area contributed by atoms with E-state index in [1.165, 1.54) is 25.7 Å². The fourth-order valence-electron chi connectivity index (χ4n) is 4.44. The van der Waals surface area contributed by atoms with Crippen molar-refractivity contribution in [2.45, 2.75) is 97.5 Å². The van der Waals surface area contributed by atoms with E-state index in [0.717, 1.165) is 43.1 Å². The van der Waals surface area contributed by atoms with Gasteiger partial charge >= 0.3 is 5.97 Å². The summed E-state index contributed by atoms with van der Waals surface area (Å²) in [6.45, 7) is 8.78. The number of carbonyl (C=O) groups excluding carboxylic acids is 2. The van der Waals surface area contributed by atoms with Crippen LogP contribution in [-0.4, -0.2) is 48.7 Å². The summed E-state index contributed by atoms with van der Waals surface area (Å²) >= 11 is 2.42. The predicted octanol–water partition coefficient (Wildman–Crippen LogP) is 6.70. The Balaban J connectivity index is 2.22. The highest BCUT2D eigenvalue weighted by Crippen LogP contribution is 2.40. The molecule has 6 heteroatoms. The van der Waals surface area contributed by atoms with Crippen molar-refractivity contribution in [1.82, 2.24) is 0 Å². The average Bonchev–Trinajstić information content (AvgIpc) is 3.08. The first-order valence-corrected chi connectivity index (χ1v) is 14.6. The van der Waals surface area contributed by atoms with Gasteiger partial charge in [0, 0.05) is 36.4 Å². The second kappa shape index (κ2) is 19.8. The molecule has 0 aliphatic heterocycles. The number of Topliss-reactive ketones (excluding diaryl/α,β-unsaturated/α-hetero) is 1. The monoisotopic (exact) mass is 578 g/mol. The topological polar surface area (TPSA) is 61.8 Å². The SMILES string of the molecule is CCCCCCCOCCOCC[C@H]1C(CI)CC(=O)C1C/C=C\CCCC(=O)OC(C)C. The van der Waals surface area contributed by atoms with Crippen LogP contribution in [0, 0.1) is 17.8 Å².